The molecule has 0 aliphatic heterocycles. The first-order valence-corrected chi connectivity index (χ1v) is 2.78. The molecule has 0 aromatic heterocycles. The molecule has 0 rings (SSSR count). The average molecular weight is 248 g/mol. The number of hydrogen-bond acceptors (Lipinski definition) is 6. The second kappa shape index (κ2) is 16.4. The molecule has 69 valence electrons. The van der Waals surface area contributed by atoms with Gasteiger partial charge in [0.15, 0.2) is 0 Å². The Kier molecular flexibility index (Phi) is 36.8. The van der Waals surface area contributed by atoms with E-state index in [0.29, 0.717) is 0 Å². The van der Waals surface area contributed by atoms with Gasteiger partial charge in [0.25, 0.3) is 0 Å². The molecule has 0 fully saturated rings. The van der Waals surface area contributed by atoms with Crippen LogP contribution in [0.3, 0.4) is 0 Å². The number of hydrogen-bond donors (Lipinski definition) is 0. The molecule has 1 radical (unpaired) electrons. The maximum absolute atomic E-state index is 8.41. The molecular weight excluding hydrogens is 246 g/mol. The predicted octanol–water partition coefficient (Wildman–Crippen LogP) is -7.96. The standard InChI is InChI=1S/2ClO3.Cu.H2O/c2*2-1(3)4;;/h;;;1H2/q2*-1;+2;. The van der Waals surface area contributed by atoms with Crippen LogP contribution in [-0.2, 0) is 17.1 Å². The third-order valence-corrected chi connectivity index (χ3v) is 0. The van der Waals surface area contributed by atoms with Crippen LogP contribution in [0.5, 0.6) is 0 Å². The summed E-state index contributed by atoms with van der Waals surface area (Å²) in [6.07, 6.45) is 0. The molecule has 10 heavy (non-hydrogen) atoms. The zero-order valence-corrected chi connectivity index (χ0v) is 6.46. The van der Waals surface area contributed by atoms with Crippen LogP contribution in [0.1, 0.15) is 0 Å². The molecule has 0 bridgehead atoms. The maximum Gasteiger partial charge on any atom is 2.00 e. The van der Waals surface area contributed by atoms with Gasteiger partial charge in [0, 0.05) is 0 Å². The molecule has 0 spiro atoms. The van der Waals surface area contributed by atoms with E-state index in [-0.39, 0.29) is 22.5 Å². The van der Waals surface area contributed by atoms with Gasteiger partial charge in [-0.3, -0.25) is 0 Å². The molecule has 2 N–H and O–H groups in total. The average Bonchev–Trinajstić information content (AvgIpc) is 1.25. The number of rotatable bonds is 0. The van der Waals surface area contributed by atoms with Gasteiger partial charge < -0.3 is 33.4 Å². The van der Waals surface area contributed by atoms with Crippen molar-refractivity contribution in [3.8, 4) is 0 Å². The fraction of sp³-hybridized carbons (Fsp3) is 0. The molecular formula is H2Cl2CuO7. The Bertz CT molecular complexity index is 27.1. The van der Waals surface area contributed by atoms with Crippen molar-refractivity contribution in [2.75, 3.05) is 0 Å². The quantitative estimate of drug-likeness (QED) is 0.385. The summed E-state index contributed by atoms with van der Waals surface area (Å²) in [4.78, 5) is 0. The van der Waals surface area contributed by atoms with E-state index in [4.69, 9.17) is 28.0 Å². The van der Waals surface area contributed by atoms with Crippen molar-refractivity contribution >= 4 is 0 Å². The summed E-state index contributed by atoms with van der Waals surface area (Å²) in [5, 5.41) is 0. The summed E-state index contributed by atoms with van der Waals surface area (Å²) >= 11 is 0. The molecule has 0 aromatic rings. The minimum atomic E-state index is -2.85. The topological polar surface area (TPSA) is 170 Å². The van der Waals surface area contributed by atoms with E-state index in [0.717, 1.165) is 0 Å². The Morgan fingerprint density at radius 2 is 0.600 bits per heavy atom. The summed E-state index contributed by atoms with van der Waals surface area (Å²) in [6.45, 7) is 0. The Labute approximate surface area is 72.5 Å². The van der Waals surface area contributed by atoms with Gasteiger partial charge in [0.1, 0.15) is 0 Å². The minimum Gasteiger partial charge on any atom is -0.412 e. The largest absolute Gasteiger partial charge is 2.00 e. The van der Waals surface area contributed by atoms with Gasteiger partial charge in [-0.15, -0.1) is 0 Å². The van der Waals surface area contributed by atoms with Crippen molar-refractivity contribution in [1.29, 1.82) is 0 Å². The van der Waals surface area contributed by atoms with Gasteiger partial charge in [0.2, 0.25) is 0 Å². The second-order valence-corrected chi connectivity index (χ2v) is 1.13. The fourth-order valence-electron chi connectivity index (χ4n) is 0. The summed E-state index contributed by atoms with van der Waals surface area (Å²) in [5.41, 5.74) is 0. The summed E-state index contributed by atoms with van der Waals surface area (Å²) in [7, 11) is -5.70. The fourth-order valence-corrected chi connectivity index (χ4v) is 0. The van der Waals surface area contributed by atoms with Crippen molar-refractivity contribution in [2.45, 2.75) is 0 Å². The first kappa shape index (κ1) is 22.4. The van der Waals surface area contributed by atoms with Gasteiger partial charge in [0.05, 0.1) is 21.6 Å². The molecule has 0 aromatic carbocycles. The second-order valence-electron chi connectivity index (χ2n) is 0.378. The summed E-state index contributed by atoms with van der Waals surface area (Å²) in [6, 6.07) is 0. The smallest absolute Gasteiger partial charge is 0.412 e. The maximum atomic E-state index is 8.41. The molecule has 0 unspecified atom stereocenters. The van der Waals surface area contributed by atoms with Crippen molar-refractivity contribution in [3.05, 3.63) is 0 Å². The molecule has 0 atom stereocenters. The molecule has 0 aliphatic rings. The summed E-state index contributed by atoms with van der Waals surface area (Å²) in [5.74, 6) is 0. The van der Waals surface area contributed by atoms with E-state index in [1.54, 1.807) is 0 Å². The van der Waals surface area contributed by atoms with Crippen LogP contribution in [-0.4, -0.2) is 5.48 Å². The normalized spacial score (nSPS) is 7.20. The zero-order valence-electron chi connectivity index (χ0n) is 4.01. The van der Waals surface area contributed by atoms with E-state index in [9.17, 15) is 0 Å². The Morgan fingerprint density at radius 3 is 0.600 bits per heavy atom. The van der Waals surface area contributed by atoms with Gasteiger partial charge >= 0.3 is 17.1 Å². The Hall–Kier alpha value is 0.819. The van der Waals surface area contributed by atoms with Crippen LogP contribution in [0, 0.1) is 21.6 Å². The third-order valence-electron chi connectivity index (χ3n) is 0. The van der Waals surface area contributed by atoms with Crippen LogP contribution in [0.15, 0.2) is 0 Å². The Balaban J connectivity index is -0.0000000300. The predicted molar refractivity (Wildman–Crippen MR) is 3.61 cm³/mol. The van der Waals surface area contributed by atoms with Crippen molar-refractivity contribution in [2.24, 2.45) is 0 Å². The molecule has 0 heterocycles. The van der Waals surface area contributed by atoms with Crippen LogP contribution in [0.25, 0.3) is 0 Å². The first-order chi connectivity index (χ1) is 3.46. The Morgan fingerprint density at radius 1 is 0.600 bits per heavy atom. The molecule has 0 saturated heterocycles. The molecule has 0 saturated carbocycles. The van der Waals surface area contributed by atoms with Crippen LogP contribution in [0.4, 0.5) is 0 Å². The van der Waals surface area contributed by atoms with E-state index in [1.165, 1.54) is 0 Å². The molecule has 10 heteroatoms. The molecule has 7 nitrogen and oxygen atoms in total. The van der Waals surface area contributed by atoms with E-state index in [1.807, 2.05) is 0 Å². The summed E-state index contributed by atoms with van der Waals surface area (Å²) < 4.78 is 50.4. The molecule has 0 aliphatic carbocycles. The monoisotopic (exact) mass is 247 g/mol. The van der Waals surface area contributed by atoms with Crippen molar-refractivity contribution < 1.29 is 72.1 Å². The van der Waals surface area contributed by atoms with Crippen LogP contribution < -0.4 is 28.0 Å². The van der Waals surface area contributed by atoms with Gasteiger partial charge in [-0.05, 0) is 0 Å². The van der Waals surface area contributed by atoms with E-state index < -0.39 is 21.6 Å². The zero-order chi connectivity index (χ0) is 7.15. The van der Waals surface area contributed by atoms with Crippen LogP contribution in [0.2, 0.25) is 0 Å². The van der Waals surface area contributed by atoms with Crippen molar-refractivity contribution in [3.63, 3.8) is 0 Å². The SMILES string of the molecule is O.[Cu+2].[O-][Cl+2]([O-])[O-].[O-][Cl+2]([O-])[O-]. The van der Waals surface area contributed by atoms with Crippen molar-refractivity contribution in [1.82, 2.24) is 0 Å². The van der Waals surface area contributed by atoms with Crippen LogP contribution >= 0.6 is 0 Å². The van der Waals surface area contributed by atoms with E-state index >= 15 is 0 Å². The first-order valence-electron chi connectivity index (χ1n) is 0.926. The van der Waals surface area contributed by atoms with Gasteiger partial charge in [-0.2, -0.15) is 0 Å². The molecule has 0 amide bonds. The van der Waals surface area contributed by atoms with Gasteiger partial charge in [-0.1, -0.05) is 0 Å². The minimum absolute atomic E-state index is 0. The van der Waals surface area contributed by atoms with Gasteiger partial charge in [-0.25, -0.2) is 0 Å². The third kappa shape index (κ3) is 803. The van der Waals surface area contributed by atoms with E-state index in [2.05, 4.69) is 0 Å². The number of halogens is 2.